The van der Waals surface area contributed by atoms with Gasteiger partial charge >= 0.3 is 0 Å². The first-order valence-electron chi connectivity index (χ1n) is 7.82. The molecular weight excluding hydrogens is 264 g/mol. The van der Waals surface area contributed by atoms with Gasteiger partial charge in [-0.3, -0.25) is 4.79 Å². The van der Waals surface area contributed by atoms with Gasteiger partial charge in [0.2, 0.25) is 0 Å². The third kappa shape index (κ3) is 6.63. The number of carbonyl (C=O) groups is 1. The predicted molar refractivity (Wildman–Crippen MR) is 86.8 cm³/mol. The molecule has 0 spiro atoms. The molecule has 0 fully saturated rings. The van der Waals surface area contributed by atoms with E-state index in [9.17, 15) is 4.79 Å². The van der Waals surface area contributed by atoms with Crippen molar-refractivity contribution in [2.45, 2.75) is 39.0 Å². The van der Waals surface area contributed by atoms with Gasteiger partial charge in [0.25, 0.3) is 5.91 Å². The number of ether oxygens (including phenoxy) is 1. The van der Waals surface area contributed by atoms with E-state index in [4.69, 9.17) is 4.74 Å². The fourth-order valence-electron chi connectivity index (χ4n) is 2.09. The molecule has 0 aliphatic rings. The number of benzene rings is 1. The Bertz CT molecular complexity index is 421. The first kappa shape index (κ1) is 17.5. The van der Waals surface area contributed by atoms with Gasteiger partial charge in [-0.05, 0) is 50.4 Å². The molecule has 1 rings (SSSR count). The van der Waals surface area contributed by atoms with E-state index in [1.54, 1.807) is 0 Å². The number of unbranched alkanes of at least 4 members (excludes halogenated alkanes) is 1. The molecule has 1 aromatic rings. The van der Waals surface area contributed by atoms with Crippen LogP contribution in [-0.4, -0.2) is 32.7 Å². The van der Waals surface area contributed by atoms with Crippen LogP contribution in [-0.2, 0) is 4.79 Å². The van der Waals surface area contributed by atoms with Crippen LogP contribution in [0.4, 0.5) is 0 Å². The van der Waals surface area contributed by atoms with E-state index >= 15 is 0 Å². The summed E-state index contributed by atoms with van der Waals surface area (Å²) in [5.41, 5.74) is 1.17. The van der Waals surface area contributed by atoms with Gasteiger partial charge in [0, 0.05) is 6.54 Å². The molecule has 0 bridgehead atoms. The second kappa shape index (κ2) is 10.2. The van der Waals surface area contributed by atoms with Gasteiger partial charge in [0.15, 0.2) is 6.61 Å². The van der Waals surface area contributed by atoms with E-state index in [0.717, 1.165) is 31.6 Å². The van der Waals surface area contributed by atoms with Crippen molar-refractivity contribution in [1.82, 2.24) is 10.6 Å². The van der Waals surface area contributed by atoms with Crippen LogP contribution in [0.25, 0.3) is 0 Å². The highest BCUT2D eigenvalue weighted by atomic mass is 16.5. The van der Waals surface area contributed by atoms with Crippen LogP contribution in [0.2, 0.25) is 0 Å². The molecule has 1 aromatic carbocycles. The van der Waals surface area contributed by atoms with Crippen LogP contribution in [0.15, 0.2) is 24.3 Å². The summed E-state index contributed by atoms with van der Waals surface area (Å²) in [5.74, 6) is 1.20. The Hall–Kier alpha value is -1.55. The Morgan fingerprint density at radius 3 is 2.67 bits per heavy atom. The molecular formula is C17H28N2O2. The molecule has 0 aliphatic heterocycles. The predicted octanol–water partition coefficient (Wildman–Crippen LogP) is 2.69. The fourth-order valence-corrected chi connectivity index (χ4v) is 2.09. The van der Waals surface area contributed by atoms with Gasteiger partial charge in [0.05, 0.1) is 0 Å². The number of rotatable bonds is 10. The van der Waals surface area contributed by atoms with Crippen molar-refractivity contribution in [2.75, 3.05) is 26.7 Å². The van der Waals surface area contributed by atoms with Crippen molar-refractivity contribution >= 4 is 5.91 Å². The second-order valence-corrected chi connectivity index (χ2v) is 5.30. The molecule has 0 heterocycles. The molecule has 1 atom stereocenters. The summed E-state index contributed by atoms with van der Waals surface area (Å²) < 4.78 is 5.68. The Labute approximate surface area is 128 Å². The summed E-state index contributed by atoms with van der Waals surface area (Å²) in [7, 11) is 1.93. The molecule has 118 valence electrons. The minimum atomic E-state index is -0.0570. The summed E-state index contributed by atoms with van der Waals surface area (Å²) in [6, 6.07) is 7.95. The van der Waals surface area contributed by atoms with Crippen LogP contribution >= 0.6 is 0 Å². The van der Waals surface area contributed by atoms with E-state index in [0.29, 0.717) is 12.5 Å². The lowest BCUT2D eigenvalue weighted by atomic mass is 9.98. The lowest BCUT2D eigenvalue weighted by Crippen LogP contribution is -2.30. The minimum absolute atomic E-state index is 0.0570. The van der Waals surface area contributed by atoms with Crippen LogP contribution in [0.1, 0.15) is 44.6 Å². The number of hydrogen-bond acceptors (Lipinski definition) is 3. The Kier molecular flexibility index (Phi) is 8.51. The maximum Gasteiger partial charge on any atom is 0.257 e. The highest BCUT2D eigenvalue weighted by molar-refractivity contribution is 5.77. The van der Waals surface area contributed by atoms with Crippen LogP contribution in [0.5, 0.6) is 5.75 Å². The molecule has 2 N–H and O–H groups in total. The fraction of sp³-hybridized carbons (Fsp3) is 0.588. The van der Waals surface area contributed by atoms with Crippen molar-refractivity contribution in [2.24, 2.45) is 0 Å². The van der Waals surface area contributed by atoms with Gasteiger partial charge in [-0.15, -0.1) is 0 Å². The van der Waals surface area contributed by atoms with E-state index in [2.05, 4.69) is 30.5 Å². The molecule has 0 unspecified atom stereocenters. The van der Waals surface area contributed by atoms with E-state index < -0.39 is 0 Å². The summed E-state index contributed by atoms with van der Waals surface area (Å²) in [5, 5.41) is 5.97. The zero-order valence-corrected chi connectivity index (χ0v) is 13.4. The van der Waals surface area contributed by atoms with Gasteiger partial charge in [-0.1, -0.05) is 32.0 Å². The van der Waals surface area contributed by atoms with E-state index in [1.807, 2.05) is 25.2 Å². The third-order valence-corrected chi connectivity index (χ3v) is 3.60. The Morgan fingerprint density at radius 1 is 1.24 bits per heavy atom. The first-order chi connectivity index (χ1) is 10.2. The molecule has 0 aliphatic carbocycles. The van der Waals surface area contributed by atoms with E-state index in [-0.39, 0.29) is 12.5 Å². The SMILES string of the molecule is CC[C@@H](C)c1ccccc1OCC(=O)NCCCCNC. The van der Waals surface area contributed by atoms with Crippen molar-refractivity contribution in [1.29, 1.82) is 0 Å². The molecule has 0 radical (unpaired) electrons. The lowest BCUT2D eigenvalue weighted by Gasteiger charge is -2.15. The van der Waals surface area contributed by atoms with Crippen molar-refractivity contribution in [3.05, 3.63) is 29.8 Å². The summed E-state index contributed by atoms with van der Waals surface area (Å²) >= 11 is 0. The van der Waals surface area contributed by atoms with Gasteiger partial charge < -0.3 is 15.4 Å². The van der Waals surface area contributed by atoms with Crippen molar-refractivity contribution < 1.29 is 9.53 Å². The molecule has 0 aromatic heterocycles. The Balaban J connectivity index is 2.36. The summed E-state index contributed by atoms with van der Waals surface area (Å²) in [6.45, 7) is 6.09. The zero-order valence-electron chi connectivity index (χ0n) is 13.4. The molecule has 4 heteroatoms. The quantitative estimate of drug-likeness (QED) is 0.652. The highest BCUT2D eigenvalue weighted by Gasteiger charge is 2.10. The maximum atomic E-state index is 11.7. The average Bonchev–Trinajstić information content (AvgIpc) is 2.52. The molecule has 21 heavy (non-hydrogen) atoms. The maximum absolute atomic E-state index is 11.7. The summed E-state index contributed by atoms with van der Waals surface area (Å²) in [6.07, 6.45) is 3.10. The highest BCUT2D eigenvalue weighted by Crippen LogP contribution is 2.28. The van der Waals surface area contributed by atoms with Crippen molar-refractivity contribution in [3.8, 4) is 5.75 Å². The molecule has 4 nitrogen and oxygen atoms in total. The van der Waals surface area contributed by atoms with Crippen LogP contribution in [0.3, 0.4) is 0 Å². The molecule has 1 amide bonds. The number of para-hydroxylation sites is 1. The smallest absolute Gasteiger partial charge is 0.257 e. The Morgan fingerprint density at radius 2 is 1.95 bits per heavy atom. The molecule has 0 saturated carbocycles. The van der Waals surface area contributed by atoms with Gasteiger partial charge in [-0.25, -0.2) is 0 Å². The van der Waals surface area contributed by atoms with Crippen LogP contribution < -0.4 is 15.4 Å². The number of carbonyl (C=O) groups excluding carboxylic acids is 1. The van der Waals surface area contributed by atoms with Crippen molar-refractivity contribution in [3.63, 3.8) is 0 Å². The van der Waals surface area contributed by atoms with E-state index in [1.165, 1.54) is 5.56 Å². The molecule has 0 saturated heterocycles. The third-order valence-electron chi connectivity index (χ3n) is 3.60. The average molecular weight is 292 g/mol. The topological polar surface area (TPSA) is 50.4 Å². The van der Waals surface area contributed by atoms with Gasteiger partial charge in [0.1, 0.15) is 5.75 Å². The summed E-state index contributed by atoms with van der Waals surface area (Å²) in [4.78, 5) is 11.7. The monoisotopic (exact) mass is 292 g/mol. The minimum Gasteiger partial charge on any atom is -0.483 e. The zero-order chi connectivity index (χ0) is 15.5. The normalized spacial score (nSPS) is 12.0. The van der Waals surface area contributed by atoms with Gasteiger partial charge in [-0.2, -0.15) is 0 Å². The first-order valence-corrected chi connectivity index (χ1v) is 7.82. The largest absolute Gasteiger partial charge is 0.483 e. The second-order valence-electron chi connectivity index (χ2n) is 5.30. The lowest BCUT2D eigenvalue weighted by molar-refractivity contribution is -0.123. The number of amides is 1. The number of nitrogens with one attached hydrogen (secondary N) is 2. The standard InChI is InChI=1S/C17H28N2O2/c1-4-14(2)15-9-5-6-10-16(15)21-13-17(20)19-12-8-7-11-18-3/h5-6,9-10,14,18H,4,7-8,11-13H2,1-3H3,(H,19,20)/t14-/m1/s1. The number of hydrogen-bond donors (Lipinski definition) is 2. The van der Waals surface area contributed by atoms with Crippen LogP contribution in [0, 0.1) is 0 Å².